The second-order valence-corrected chi connectivity index (χ2v) is 6.20. The first kappa shape index (κ1) is 12.2. The van der Waals surface area contributed by atoms with E-state index < -0.39 is 0 Å². The number of rotatable bonds is 2. The average Bonchev–Trinajstić information content (AvgIpc) is 2.92. The van der Waals surface area contributed by atoms with Crippen molar-refractivity contribution < 1.29 is 4.42 Å². The molecule has 0 aliphatic carbocycles. The molecule has 0 aliphatic rings. The smallest absolute Gasteiger partial charge is 0.203 e. The molecule has 1 aromatic carbocycles. The van der Waals surface area contributed by atoms with E-state index in [4.69, 9.17) is 4.42 Å². The van der Waals surface area contributed by atoms with E-state index in [-0.39, 0.29) is 5.54 Å². The molecule has 3 aromatic rings. The van der Waals surface area contributed by atoms with Crippen molar-refractivity contribution in [2.45, 2.75) is 26.3 Å². The Hall–Kier alpha value is -1.88. The molecule has 0 saturated carbocycles. The fraction of sp³-hybridized carbons (Fsp3) is 0.286. The minimum absolute atomic E-state index is 0.0186. The van der Waals surface area contributed by atoms with Crippen molar-refractivity contribution in [2.75, 3.05) is 5.32 Å². The van der Waals surface area contributed by atoms with Crippen LogP contribution in [0.3, 0.4) is 0 Å². The van der Waals surface area contributed by atoms with Crippen molar-refractivity contribution in [3.8, 4) is 11.4 Å². The second kappa shape index (κ2) is 4.35. The van der Waals surface area contributed by atoms with Crippen LogP contribution in [0, 0.1) is 0 Å². The Balaban J connectivity index is 1.99. The highest BCUT2D eigenvalue weighted by atomic mass is 32.1. The lowest BCUT2D eigenvalue weighted by atomic mass is 10.1. The molecule has 4 nitrogen and oxygen atoms in total. The van der Waals surface area contributed by atoms with E-state index in [0.29, 0.717) is 5.82 Å². The van der Waals surface area contributed by atoms with Gasteiger partial charge in [-0.15, -0.1) is 0 Å². The minimum Gasteiger partial charge on any atom is -0.464 e. The number of aromatic nitrogens is 2. The molecule has 0 unspecified atom stereocenters. The van der Waals surface area contributed by atoms with Crippen LogP contribution in [-0.2, 0) is 0 Å². The van der Waals surface area contributed by atoms with E-state index in [1.165, 1.54) is 11.5 Å². The predicted molar refractivity (Wildman–Crippen MR) is 78.5 cm³/mol. The van der Waals surface area contributed by atoms with Crippen molar-refractivity contribution in [3.63, 3.8) is 0 Å². The summed E-state index contributed by atoms with van der Waals surface area (Å²) in [7, 11) is 0. The first-order valence-corrected chi connectivity index (χ1v) is 6.89. The zero-order valence-electron chi connectivity index (χ0n) is 11.1. The number of benzene rings is 1. The van der Waals surface area contributed by atoms with Crippen LogP contribution < -0.4 is 5.32 Å². The number of nitrogens with zero attached hydrogens (tertiary/aromatic N) is 2. The van der Waals surface area contributed by atoms with Gasteiger partial charge in [0.15, 0.2) is 5.82 Å². The van der Waals surface area contributed by atoms with Crippen molar-refractivity contribution >= 4 is 27.6 Å². The number of para-hydroxylation sites is 1. The van der Waals surface area contributed by atoms with Gasteiger partial charge in [-0.1, -0.05) is 18.2 Å². The van der Waals surface area contributed by atoms with Gasteiger partial charge < -0.3 is 9.73 Å². The lowest BCUT2D eigenvalue weighted by Crippen LogP contribution is -2.25. The van der Waals surface area contributed by atoms with E-state index in [1.54, 1.807) is 6.26 Å². The van der Waals surface area contributed by atoms with Crippen LogP contribution in [-0.4, -0.2) is 14.9 Å². The largest absolute Gasteiger partial charge is 0.464 e. The molecule has 0 atom stereocenters. The molecule has 98 valence electrons. The molecule has 2 heterocycles. The number of anilines is 1. The summed E-state index contributed by atoms with van der Waals surface area (Å²) in [6.07, 6.45) is 1.72. The van der Waals surface area contributed by atoms with Crippen molar-refractivity contribution in [1.29, 1.82) is 0 Å². The van der Waals surface area contributed by atoms with Crippen LogP contribution in [0.4, 0.5) is 5.13 Å². The summed E-state index contributed by atoms with van der Waals surface area (Å²) in [5, 5.41) is 5.20. The highest BCUT2D eigenvalue weighted by Crippen LogP contribution is 2.30. The molecule has 3 rings (SSSR count). The lowest BCUT2D eigenvalue weighted by molar-refractivity contribution is 0.616. The summed E-state index contributed by atoms with van der Waals surface area (Å²) in [4.78, 5) is 4.52. The van der Waals surface area contributed by atoms with Crippen molar-refractivity contribution in [2.24, 2.45) is 0 Å². The molecule has 0 amide bonds. The maximum absolute atomic E-state index is 5.52. The van der Waals surface area contributed by atoms with Gasteiger partial charge in [0.2, 0.25) is 5.13 Å². The van der Waals surface area contributed by atoms with Crippen molar-refractivity contribution in [1.82, 2.24) is 9.36 Å². The molecule has 1 N–H and O–H groups in total. The second-order valence-electron chi connectivity index (χ2n) is 5.44. The standard InChI is InChI=1S/C14H15N3OS/c1-14(2,3)16-13-15-12(17-19-13)10-8-18-11-7-5-4-6-9(10)11/h4-8H,1-3H3,(H,15,16,17). The van der Waals surface area contributed by atoms with E-state index in [9.17, 15) is 0 Å². The summed E-state index contributed by atoms with van der Waals surface area (Å²) in [6, 6.07) is 7.91. The summed E-state index contributed by atoms with van der Waals surface area (Å²) >= 11 is 1.37. The predicted octanol–water partition coefficient (Wildman–Crippen LogP) is 4.16. The van der Waals surface area contributed by atoms with E-state index in [1.807, 2.05) is 24.3 Å². The summed E-state index contributed by atoms with van der Waals surface area (Å²) in [5.41, 5.74) is 1.78. The summed E-state index contributed by atoms with van der Waals surface area (Å²) in [5.74, 6) is 0.710. The Labute approximate surface area is 115 Å². The highest BCUT2D eigenvalue weighted by Gasteiger charge is 2.16. The molecule has 0 saturated heterocycles. The van der Waals surface area contributed by atoms with Crippen LogP contribution in [0.5, 0.6) is 0 Å². The minimum atomic E-state index is -0.0186. The molecular formula is C14H15N3OS. The molecule has 0 aliphatic heterocycles. The fourth-order valence-electron chi connectivity index (χ4n) is 1.86. The molecule has 5 heteroatoms. The van der Waals surface area contributed by atoms with Crippen LogP contribution in [0.1, 0.15) is 20.8 Å². The number of nitrogens with one attached hydrogen (secondary N) is 1. The van der Waals surface area contributed by atoms with Gasteiger partial charge in [0.25, 0.3) is 0 Å². The van der Waals surface area contributed by atoms with Gasteiger partial charge in [0.05, 0.1) is 5.56 Å². The monoisotopic (exact) mass is 273 g/mol. The molecule has 19 heavy (non-hydrogen) atoms. The van der Waals surface area contributed by atoms with Gasteiger partial charge >= 0.3 is 0 Å². The topological polar surface area (TPSA) is 51.0 Å². The Morgan fingerprint density at radius 3 is 2.79 bits per heavy atom. The first-order valence-electron chi connectivity index (χ1n) is 6.11. The Kier molecular flexibility index (Phi) is 2.78. The number of hydrogen-bond donors (Lipinski definition) is 1. The van der Waals surface area contributed by atoms with Crippen LogP contribution in [0.15, 0.2) is 34.9 Å². The van der Waals surface area contributed by atoms with Gasteiger partial charge in [0, 0.05) is 22.5 Å². The number of hydrogen-bond acceptors (Lipinski definition) is 5. The molecule has 0 radical (unpaired) electrons. The van der Waals surface area contributed by atoms with Gasteiger partial charge in [-0.2, -0.15) is 9.36 Å². The molecule has 0 spiro atoms. The van der Waals surface area contributed by atoms with Crippen molar-refractivity contribution in [3.05, 3.63) is 30.5 Å². The fourth-order valence-corrected chi connectivity index (χ4v) is 2.65. The molecule has 2 aromatic heterocycles. The highest BCUT2D eigenvalue weighted by molar-refractivity contribution is 7.09. The van der Waals surface area contributed by atoms with E-state index >= 15 is 0 Å². The average molecular weight is 273 g/mol. The maximum atomic E-state index is 5.52. The third kappa shape index (κ3) is 2.46. The lowest BCUT2D eigenvalue weighted by Gasteiger charge is -2.18. The van der Waals surface area contributed by atoms with E-state index in [2.05, 4.69) is 35.4 Å². The SMILES string of the molecule is CC(C)(C)Nc1nc(-c2coc3ccccc23)ns1. The number of furan rings is 1. The molecule has 0 fully saturated rings. The third-order valence-corrected chi connectivity index (χ3v) is 3.26. The van der Waals surface area contributed by atoms with Gasteiger partial charge in [0.1, 0.15) is 11.8 Å². The molecular weight excluding hydrogens is 258 g/mol. The Morgan fingerprint density at radius 1 is 1.21 bits per heavy atom. The Morgan fingerprint density at radius 2 is 2.00 bits per heavy atom. The molecule has 0 bridgehead atoms. The van der Waals surface area contributed by atoms with Gasteiger partial charge in [-0.3, -0.25) is 0 Å². The number of fused-ring (bicyclic) bond motifs is 1. The quantitative estimate of drug-likeness (QED) is 0.761. The maximum Gasteiger partial charge on any atom is 0.203 e. The van der Waals surface area contributed by atoms with Crippen LogP contribution in [0.25, 0.3) is 22.4 Å². The normalized spacial score (nSPS) is 11.9. The van der Waals surface area contributed by atoms with Gasteiger partial charge in [-0.25, -0.2) is 0 Å². The zero-order chi connectivity index (χ0) is 13.5. The third-order valence-electron chi connectivity index (χ3n) is 2.63. The van der Waals surface area contributed by atoms with Crippen LogP contribution >= 0.6 is 11.5 Å². The van der Waals surface area contributed by atoms with Gasteiger partial charge in [-0.05, 0) is 26.8 Å². The first-order chi connectivity index (χ1) is 9.03. The Bertz CT molecular complexity index is 709. The summed E-state index contributed by atoms with van der Waals surface area (Å²) < 4.78 is 9.92. The van der Waals surface area contributed by atoms with Crippen LogP contribution in [0.2, 0.25) is 0 Å². The summed E-state index contributed by atoms with van der Waals surface area (Å²) in [6.45, 7) is 6.30. The zero-order valence-corrected chi connectivity index (χ0v) is 11.9. The van der Waals surface area contributed by atoms with E-state index in [0.717, 1.165) is 21.7 Å².